The monoisotopic (exact) mass is 851 g/mol. The quantitative estimate of drug-likeness (QED) is 0.0565. The van der Waals surface area contributed by atoms with Crippen molar-refractivity contribution in [1.29, 1.82) is 0 Å². The second kappa shape index (κ2) is 19.8. The van der Waals surface area contributed by atoms with E-state index < -0.39 is 26.5 Å². The molecule has 2 heterocycles. The first-order chi connectivity index (χ1) is 28.6. The maximum atomic E-state index is 13.4. The van der Waals surface area contributed by atoms with E-state index >= 15 is 0 Å². The summed E-state index contributed by atoms with van der Waals surface area (Å²) in [6, 6.07) is 36.5. The molecule has 0 aromatic heterocycles. The lowest BCUT2D eigenvalue weighted by Gasteiger charge is -2.29. The molecule has 0 radical (unpaired) electrons. The number of nitrogens with zero attached hydrogens (tertiary/aromatic N) is 3. The molecule has 306 valence electrons. The number of hydrogen-bond acceptors (Lipinski definition) is 10. The van der Waals surface area contributed by atoms with Crippen molar-refractivity contribution in [1.82, 2.24) is 14.5 Å². The highest BCUT2D eigenvalue weighted by molar-refractivity contribution is 7.99. The number of benzene rings is 5. The third-order valence-electron chi connectivity index (χ3n) is 10.5. The topological polar surface area (TPSA) is 134 Å². The molecule has 0 saturated carbocycles. The Labute approximate surface area is 354 Å². The Hall–Kier alpha value is -5.02. The first-order valence-corrected chi connectivity index (χ1v) is 22.4. The molecule has 1 amide bonds. The smallest absolute Gasteiger partial charge is 0.293 e. The summed E-state index contributed by atoms with van der Waals surface area (Å²) in [5.74, 6) is -0.192. The first kappa shape index (κ1) is 42.1. The highest BCUT2D eigenvalue weighted by atomic mass is 35.5. The number of morpholine rings is 1. The van der Waals surface area contributed by atoms with E-state index in [9.17, 15) is 23.3 Å². The van der Waals surface area contributed by atoms with Crippen LogP contribution in [0.1, 0.15) is 34.3 Å². The van der Waals surface area contributed by atoms with Crippen molar-refractivity contribution in [3.63, 3.8) is 0 Å². The van der Waals surface area contributed by atoms with Gasteiger partial charge >= 0.3 is 0 Å². The SMILES string of the molecule is O=C(NS(=O)(=O)c1ccc(N[C@H](CCN2CCOCC2)CSc2ccccc2)c([N+](=O)[O-])c1)c1ccc(C2=CCN(Cc3ccccc3-c3ccc(Cl)cc3)CC2)cc1. The van der Waals surface area contributed by atoms with Gasteiger partial charge in [-0.3, -0.25) is 24.7 Å². The molecule has 5 aromatic rings. The highest BCUT2D eigenvalue weighted by Crippen LogP contribution is 2.31. The normalized spacial score (nSPS) is 15.6. The average Bonchev–Trinajstić information content (AvgIpc) is 3.26. The second-order valence-corrected chi connectivity index (χ2v) is 17.7. The van der Waals surface area contributed by atoms with Crippen molar-refractivity contribution < 1.29 is 22.9 Å². The number of amides is 1. The van der Waals surface area contributed by atoms with Crippen LogP contribution >= 0.6 is 23.4 Å². The number of ether oxygens (including phenoxy) is 1. The van der Waals surface area contributed by atoms with Gasteiger partial charge in [-0.2, -0.15) is 0 Å². The Morgan fingerprint density at radius 1 is 0.864 bits per heavy atom. The number of hydrogen-bond donors (Lipinski definition) is 2. The Morgan fingerprint density at radius 2 is 1.58 bits per heavy atom. The molecule has 1 saturated heterocycles. The van der Waals surface area contributed by atoms with Gasteiger partial charge in [-0.15, -0.1) is 11.8 Å². The predicted octanol–water partition coefficient (Wildman–Crippen LogP) is 8.62. The summed E-state index contributed by atoms with van der Waals surface area (Å²) in [6.07, 6.45) is 3.71. The van der Waals surface area contributed by atoms with Gasteiger partial charge in [0, 0.05) is 72.6 Å². The Morgan fingerprint density at radius 3 is 2.29 bits per heavy atom. The lowest BCUT2D eigenvalue weighted by Crippen LogP contribution is -2.39. The zero-order valence-electron chi connectivity index (χ0n) is 32.5. The molecule has 1 fully saturated rings. The zero-order valence-corrected chi connectivity index (χ0v) is 34.9. The lowest BCUT2D eigenvalue weighted by atomic mass is 9.96. The molecule has 2 N–H and O–H groups in total. The van der Waals surface area contributed by atoms with Crippen LogP contribution in [0.25, 0.3) is 16.7 Å². The van der Waals surface area contributed by atoms with Gasteiger partial charge < -0.3 is 10.1 Å². The van der Waals surface area contributed by atoms with Gasteiger partial charge in [-0.1, -0.05) is 84.4 Å². The van der Waals surface area contributed by atoms with Crippen LogP contribution in [0.3, 0.4) is 0 Å². The van der Waals surface area contributed by atoms with Crippen LogP contribution < -0.4 is 10.0 Å². The molecular weight excluding hydrogens is 806 g/mol. The van der Waals surface area contributed by atoms with Crippen LogP contribution in [0.2, 0.25) is 5.02 Å². The maximum absolute atomic E-state index is 13.4. The molecule has 11 nitrogen and oxygen atoms in total. The Bertz CT molecular complexity index is 2370. The van der Waals surface area contributed by atoms with Crippen molar-refractivity contribution in [3.05, 3.63) is 159 Å². The summed E-state index contributed by atoms with van der Waals surface area (Å²) in [7, 11) is -4.44. The van der Waals surface area contributed by atoms with Crippen LogP contribution in [0, 0.1) is 10.1 Å². The fourth-order valence-corrected chi connectivity index (χ4v) is 9.36. The summed E-state index contributed by atoms with van der Waals surface area (Å²) in [6.45, 7) is 6.16. The van der Waals surface area contributed by atoms with Gasteiger partial charge in [0.05, 0.1) is 23.0 Å². The van der Waals surface area contributed by atoms with E-state index in [0.717, 1.165) is 73.4 Å². The number of halogens is 1. The van der Waals surface area contributed by atoms with Crippen molar-refractivity contribution in [2.45, 2.75) is 35.2 Å². The van der Waals surface area contributed by atoms with E-state index in [1.807, 2.05) is 72.8 Å². The van der Waals surface area contributed by atoms with Crippen LogP contribution in [0.5, 0.6) is 0 Å². The van der Waals surface area contributed by atoms with Gasteiger partial charge in [-0.05, 0) is 89.2 Å². The molecule has 0 unspecified atom stereocenters. The number of carbonyl (C=O) groups excluding carboxylic acids is 1. The number of carbonyl (C=O) groups is 1. The van der Waals surface area contributed by atoms with Crippen molar-refractivity contribution in [2.75, 3.05) is 57.0 Å². The number of nitrogens with one attached hydrogen (secondary N) is 2. The van der Waals surface area contributed by atoms with Crippen LogP contribution in [-0.4, -0.2) is 86.8 Å². The molecule has 7 rings (SSSR count). The molecule has 5 aromatic carbocycles. The third-order valence-corrected chi connectivity index (χ3v) is 13.3. The number of nitro benzene ring substituents is 1. The molecule has 59 heavy (non-hydrogen) atoms. The molecule has 2 aliphatic heterocycles. The molecule has 0 bridgehead atoms. The minimum Gasteiger partial charge on any atom is -0.379 e. The number of anilines is 1. The molecule has 1 atom stereocenters. The van der Waals surface area contributed by atoms with Gasteiger partial charge in [0.25, 0.3) is 21.6 Å². The van der Waals surface area contributed by atoms with E-state index in [1.54, 1.807) is 23.9 Å². The van der Waals surface area contributed by atoms with Crippen molar-refractivity contribution in [3.8, 4) is 11.1 Å². The average molecular weight is 852 g/mol. The summed E-state index contributed by atoms with van der Waals surface area (Å²) in [4.78, 5) is 30.3. The zero-order chi connectivity index (χ0) is 41.2. The standard InChI is InChI=1S/C45H46ClN5O6S2/c46-38-16-14-35(15-17-38)42-9-5-4-6-37(42)31-50-23-20-34(21-24-50)33-10-12-36(13-11-33)45(52)48-59(55,56)41-18-19-43(44(30-41)51(53)54)47-39(22-25-49-26-28-57-29-27-49)32-58-40-7-2-1-3-8-40/h1-20,30,39,47H,21-29,31-32H2,(H,48,52)/t39-/m1/s1. The van der Waals surface area contributed by atoms with Gasteiger partial charge in [0.1, 0.15) is 5.69 Å². The van der Waals surface area contributed by atoms with Gasteiger partial charge in [0.2, 0.25) is 0 Å². The molecule has 0 aliphatic carbocycles. The van der Waals surface area contributed by atoms with Crippen molar-refractivity contribution in [2.24, 2.45) is 0 Å². The third kappa shape index (κ3) is 11.4. The van der Waals surface area contributed by atoms with E-state index in [2.05, 4.69) is 44.1 Å². The summed E-state index contributed by atoms with van der Waals surface area (Å²) < 4.78 is 34.5. The number of thioether (sulfide) groups is 1. The fourth-order valence-electron chi connectivity index (χ4n) is 7.25. The summed E-state index contributed by atoms with van der Waals surface area (Å²) in [5.41, 5.74) is 5.60. The Kier molecular flexibility index (Phi) is 14.1. The lowest BCUT2D eigenvalue weighted by molar-refractivity contribution is -0.384. The minimum absolute atomic E-state index is 0.154. The van der Waals surface area contributed by atoms with E-state index in [-0.39, 0.29) is 22.2 Å². The van der Waals surface area contributed by atoms with E-state index in [1.165, 1.54) is 23.3 Å². The Balaban J connectivity index is 0.977. The van der Waals surface area contributed by atoms with Crippen LogP contribution in [-0.2, 0) is 21.3 Å². The van der Waals surface area contributed by atoms with Crippen molar-refractivity contribution >= 4 is 56.2 Å². The van der Waals surface area contributed by atoms with Crippen LogP contribution in [0.4, 0.5) is 11.4 Å². The molecule has 2 aliphatic rings. The fraction of sp³-hybridized carbons (Fsp3) is 0.267. The second-order valence-electron chi connectivity index (χ2n) is 14.5. The number of nitro groups is 1. The predicted molar refractivity (Wildman–Crippen MR) is 235 cm³/mol. The van der Waals surface area contributed by atoms with Gasteiger partial charge in [-0.25, -0.2) is 13.1 Å². The minimum atomic E-state index is -4.44. The van der Waals surface area contributed by atoms with E-state index in [4.69, 9.17) is 16.3 Å². The summed E-state index contributed by atoms with van der Waals surface area (Å²) >= 11 is 7.76. The largest absolute Gasteiger partial charge is 0.379 e. The van der Waals surface area contributed by atoms with Crippen LogP contribution in [0.15, 0.2) is 137 Å². The van der Waals surface area contributed by atoms with E-state index in [0.29, 0.717) is 30.4 Å². The molecule has 0 spiro atoms. The number of sulfonamides is 1. The van der Waals surface area contributed by atoms with Gasteiger partial charge in [0.15, 0.2) is 0 Å². The highest BCUT2D eigenvalue weighted by Gasteiger charge is 2.26. The first-order valence-electron chi connectivity index (χ1n) is 19.6. The maximum Gasteiger partial charge on any atom is 0.293 e. The summed E-state index contributed by atoms with van der Waals surface area (Å²) in [5, 5.41) is 16.3. The molecule has 14 heteroatoms. The molecular formula is C45H46ClN5O6S2. The number of rotatable bonds is 16.